The maximum Gasteiger partial charge on any atom is 0.219 e. The van der Waals surface area contributed by atoms with Gasteiger partial charge in [0.25, 0.3) is 0 Å². The summed E-state index contributed by atoms with van der Waals surface area (Å²) in [5, 5.41) is 8.24. The molecule has 1 heterocycles. The number of aliphatic hydroxyl groups excluding tert-OH is 1. The molecule has 2 atom stereocenters. The van der Waals surface area contributed by atoms with Crippen LogP contribution in [0.5, 0.6) is 0 Å². The second-order valence-electron chi connectivity index (χ2n) is 4.61. The molecule has 0 amide bonds. The molecule has 1 fully saturated rings. The fourth-order valence-electron chi connectivity index (χ4n) is 2.02. The molecular weight excluding hydrogens is 228 g/mol. The summed E-state index contributed by atoms with van der Waals surface area (Å²) in [6, 6.07) is 0.0396. The standard InChI is InChI=1S/C10H22N2O3S/c1-9(8-13)16(14,15)12(3)10-5-4-6-11(2)7-10/h9-10,13H,4-8H2,1-3H3. The minimum atomic E-state index is -3.36. The van der Waals surface area contributed by atoms with Crippen LogP contribution in [0.2, 0.25) is 0 Å². The molecule has 0 aromatic rings. The van der Waals surface area contributed by atoms with Crippen molar-refractivity contribution < 1.29 is 13.5 Å². The summed E-state index contributed by atoms with van der Waals surface area (Å²) >= 11 is 0. The first-order valence-electron chi connectivity index (χ1n) is 5.66. The van der Waals surface area contributed by atoms with Crippen molar-refractivity contribution in [1.29, 1.82) is 0 Å². The van der Waals surface area contributed by atoms with Crippen LogP contribution in [0.25, 0.3) is 0 Å². The number of piperidine rings is 1. The van der Waals surface area contributed by atoms with Gasteiger partial charge in [-0.1, -0.05) is 0 Å². The van der Waals surface area contributed by atoms with Gasteiger partial charge in [0.1, 0.15) is 0 Å². The van der Waals surface area contributed by atoms with Crippen molar-refractivity contribution in [2.24, 2.45) is 0 Å². The topological polar surface area (TPSA) is 60.9 Å². The Kier molecular flexibility index (Phi) is 4.73. The van der Waals surface area contributed by atoms with Gasteiger partial charge in [-0.2, -0.15) is 0 Å². The van der Waals surface area contributed by atoms with E-state index in [9.17, 15) is 8.42 Å². The number of hydrogen-bond acceptors (Lipinski definition) is 4. The molecule has 0 aromatic carbocycles. The third-order valence-corrected chi connectivity index (χ3v) is 5.55. The number of likely N-dealkylation sites (N-methyl/N-ethyl adjacent to an activating group) is 2. The highest BCUT2D eigenvalue weighted by Crippen LogP contribution is 2.18. The number of likely N-dealkylation sites (tertiary alicyclic amines) is 1. The van der Waals surface area contributed by atoms with Crippen molar-refractivity contribution >= 4 is 10.0 Å². The minimum absolute atomic E-state index is 0.0396. The summed E-state index contributed by atoms with van der Waals surface area (Å²) in [5.41, 5.74) is 0. The summed E-state index contributed by atoms with van der Waals surface area (Å²) in [7, 11) is 0.263. The van der Waals surface area contributed by atoms with E-state index in [0.717, 1.165) is 25.9 Å². The molecule has 6 heteroatoms. The zero-order valence-electron chi connectivity index (χ0n) is 10.3. The van der Waals surface area contributed by atoms with Crippen LogP contribution in [-0.2, 0) is 10.0 Å². The first-order chi connectivity index (χ1) is 7.39. The van der Waals surface area contributed by atoms with Crippen LogP contribution in [0.15, 0.2) is 0 Å². The van der Waals surface area contributed by atoms with Gasteiger partial charge in [0, 0.05) is 19.6 Å². The van der Waals surface area contributed by atoms with Gasteiger partial charge in [-0.15, -0.1) is 0 Å². The molecule has 16 heavy (non-hydrogen) atoms. The van der Waals surface area contributed by atoms with Gasteiger partial charge >= 0.3 is 0 Å². The van der Waals surface area contributed by atoms with Crippen LogP contribution in [0.1, 0.15) is 19.8 Å². The van der Waals surface area contributed by atoms with Gasteiger partial charge in [-0.05, 0) is 33.4 Å². The maximum atomic E-state index is 12.0. The molecule has 96 valence electrons. The van der Waals surface area contributed by atoms with Crippen molar-refractivity contribution in [1.82, 2.24) is 9.21 Å². The molecule has 0 aliphatic carbocycles. The lowest BCUT2D eigenvalue weighted by molar-refractivity contribution is 0.185. The van der Waals surface area contributed by atoms with Gasteiger partial charge in [-0.25, -0.2) is 12.7 Å². The third-order valence-electron chi connectivity index (χ3n) is 3.28. The fraction of sp³-hybridized carbons (Fsp3) is 1.00. The van der Waals surface area contributed by atoms with Crippen LogP contribution in [0, 0.1) is 0 Å². The molecule has 0 saturated carbocycles. The molecule has 1 aliphatic rings. The van der Waals surface area contributed by atoms with Crippen LogP contribution >= 0.6 is 0 Å². The predicted molar refractivity (Wildman–Crippen MR) is 63.7 cm³/mol. The molecule has 0 aromatic heterocycles. The molecular formula is C10H22N2O3S. The van der Waals surface area contributed by atoms with Gasteiger partial charge in [0.05, 0.1) is 11.9 Å². The highest BCUT2D eigenvalue weighted by molar-refractivity contribution is 7.89. The smallest absolute Gasteiger partial charge is 0.219 e. The monoisotopic (exact) mass is 250 g/mol. The van der Waals surface area contributed by atoms with Crippen LogP contribution in [-0.4, -0.2) is 67.8 Å². The molecule has 0 radical (unpaired) electrons. The first kappa shape index (κ1) is 13.9. The molecule has 1 N–H and O–H groups in total. The number of rotatable bonds is 4. The predicted octanol–water partition coefficient (Wildman–Crippen LogP) is -0.277. The zero-order valence-corrected chi connectivity index (χ0v) is 11.1. The Labute approximate surface area is 98.1 Å². The lowest BCUT2D eigenvalue weighted by Gasteiger charge is -2.36. The molecule has 1 aliphatic heterocycles. The SMILES string of the molecule is CC(CO)S(=O)(=O)N(C)C1CCCN(C)C1. The van der Waals surface area contributed by atoms with Crippen molar-refractivity contribution in [3.8, 4) is 0 Å². The average molecular weight is 250 g/mol. The van der Waals surface area contributed by atoms with E-state index in [2.05, 4.69) is 4.90 Å². The highest BCUT2D eigenvalue weighted by Gasteiger charge is 2.32. The normalized spacial score (nSPS) is 25.9. The van der Waals surface area contributed by atoms with Gasteiger partial charge in [0.2, 0.25) is 10.0 Å². The van der Waals surface area contributed by atoms with Crippen LogP contribution in [0.3, 0.4) is 0 Å². The number of hydrogen-bond donors (Lipinski definition) is 1. The van der Waals surface area contributed by atoms with Gasteiger partial charge < -0.3 is 10.0 Å². The Hall–Kier alpha value is -0.170. The van der Waals surface area contributed by atoms with Gasteiger partial charge in [0.15, 0.2) is 0 Å². The number of nitrogens with zero attached hydrogens (tertiary/aromatic N) is 2. The Bertz CT molecular complexity index is 318. The summed E-state index contributed by atoms with van der Waals surface area (Å²) in [4.78, 5) is 2.14. The summed E-state index contributed by atoms with van der Waals surface area (Å²) in [6.07, 6.45) is 1.92. The Balaban J connectivity index is 2.73. The third kappa shape index (κ3) is 2.94. The second-order valence-corrected chi connectivity index (χ2v) is 7.02. The molecule has 1 rings (SSSR count). The lowest BCUT2D eigenvalue weighted by Crippen LogP contribution is -2.49. The van der Waals surface area contributed by atoms with E-state index in [1.165, 1.54) is 4.31 Å². The van der Waals surface area contributed by atoms with E-state index in [1.807, 2.05) is 7.05 Å². The average Bonchev–Trinajstić information content (AvgIpc) is 2.26. The van der Waals surface area contributed by atoms with E-state index >= 15 is 0 Å². The van der Waals surface area contributed by atoms with Crippen molar-refractivity contribution in [3.63, 3.8) is 0 Å². The zero-order chi connectivity index (χ0) is 12.3. The Morgan fingerprint density at radius 2 is 2.19 bits per heavy atom. The van der Waals surface area contributed by atoms with E-state index in [1.54, 1.807) is 14.0 Å². The summed E-state index contributed by atoms with van der Waals surface area (Å²) < 4.78 is 25.5. The number of sulfonamides is 1. The van der Waals surface area contributed by atoms with Gasteiger partial charge in [-0.3, -0.25) is 0 Å². The summed E-state index contributed by atoms with van der Waals surface area (Å²) in [6.45, 7) is 3.02. The molecule has 1 saturated heterocycles. The van der Waals surface area contributed by atoms with E-state index < -0.39 is 15.3 Å². The fourth-order valence-corrected chi connectivity index (χ4v) is 3.37. The van der Waals surface area contributed by atoms with E-state index in [-0.39, 0.29) is 12.6 Å². The first-order valence-corrected chi connectivity index (χ1v) is 7.16. The van der Waals surface area contributed by atoms with Crippen LogP contribution in [0.4, 0.5) is 0 Å². The van der Waals surface area contributed by atoms with E-state index in [4.69, 9.17) is 5.11 Å². The molecule has 5 nitrogen and oxygen atoms in total. The second kappa shape index (κ2) is 5.44. The Morgan fingerprint density at radius 3 is 2.69 bits per heavy atom. The lowest BCUT2D eigenvalue weighted by atomic mass is 10.1. The van der Waals surface area contributed by atoms with Crippen LogP contribution < -0.4 is 0 Å². The molecule has 0 bridgehead atoms. The minimum Gasteiger partial charge on any atom is -0.395 e. The summed E-state index contributed by atoms with van der Waals surface area (Å²) in [5.74, 6) is 0. The van der Waals surface area contributed by atoms with Crippen molar-refractivity contribution in [2.45, 2.75) is 31.1 Å². The molecule has 0 spiro atoms. The Morgan fingerprint density at radius 1 is 1.56 bits per heavy atom. The van der Waals surface area contributed by atoms with E-state index in [0.29, 0.717) is 0 Å². The highest BCUT2D eigenvalue weighted by atomic mass is 32.2. The quantitative estimate of drug-likeness (QED) is 0.746. The largest absolute Gasteiger partial charge is 0.395 e. The molecule has 2 unspecified atom stereocenters. The maximum absolute atomic E-state index is 12.0. The van der Waals surface area contributed by atoms with Crippen molar-refractivity contribution in [3.05, 3.63) is 0 Å². The number of aliphatic hydroxyl groups is 1. The van der Waals surface area contributed by atoms with Crippen molar-refractivity contribution in [2.75, 3.05) is 33.8 Å².